The van der Waals surface area contributed by atoms with E-state index in [9.17, 15) is 13.2 Å². The first-order valence-electron chi connectivity index (χ1n) is 3.10. The Morgan fingerprint density at radius 2 is 2.00 bits per heavy atom. The number of hydrogen-bond acceptors (Lipinski definition) is 4. The van der Waals surface area contributed by atoms with Gasteiger partial charge in [0.25, 0.3) is 0 Å². The predicted molar refractivity (Wildman–Crippen MR) is 48.9 cm³/mol. The molecule has 0 saturated heterocycles. The van der Waals surface area contributed by atoms with Gasteiger partial charge in [-0.25, -0.2) is 4.79 Å². The molecular weight excluding hydrogens is 208 g/mol. The summed E-state index contributed by atoms with van der Waals surface area (Å²) in [7, 11) is -3.64. The Morgan fingerprint density at radius 3 is 2.33 bits per heavy atom. The molecule has 0 aromatic rings. The molecule has 0 N–H and O–H groups in total. The van der Waals surface area contributed by atoms with Gasteiger partial charge in [-0.3, -0.25) is 0 Å². The van der Waals surface area contributed by atoms with Crippen LogP contribution in [0.25, 0.3) is 0 Å². The second kappa shape index (κ2) is 6.88. The molecule has 0 aliphatic heterocycles. The summed E-state index contributed by atoms with van der Waals surface area (Å²) >= 11 is 0. The Balaban J connectivity index is 0. The van der Waals surface area contributed by atoms with Crippen LogP contribution in [0, 0.1) is 0 Å². The Bertz CT molecular complexity index is 255. The summed E-state index contributed by atoms with van der Waals surface area (Å²) in [5.41, 5.74) is 0. The molecule has 0 saturated carbocycles. The van der Waals surface area contributed by atoms with Crippen LogP contribution in [0.1, 0.15) is 13.8 Å². The molecule has 12 heavy (non-hydrogen) atoms. The third-order valence-electron chi connectivity index (χ3n) is 0.865. The molecule has 0 aliphatic carbocycles. The third-order valence-corrected chi connectivity index (χ3v) is 1.99. The first-order valence-corrected chi connectivity index (χ1v) is 4.68. The van der Waals surface area contributed by atoms with Gasteiger partial charge in [-0.1, -0.05) is 6.08 Å². The molecule has 0 rings (SSSR count). The number of allylic oxidation sites excluding steroid dienone is 1. The van der Waals surface area contributed by atoms with E-state index >= 15 is 0 Å². The van der Waals surface area contributed by atoms with Crippen LogP contribution < -0.4 is 0 Å². The van der Waals surface area contributed by atoms with Gasteiger partial charge in [0.2, 0.25) is 0 Å². The third kappa shape index (κ3) is 7.09. The average Bonchev–Trinajstić information content (AvgIpc) is 1.87. The molecule has 0 fully saturated rings. The molecule has 6 heteroatoms. The van der Waals surface area contributed by atoms with E-state index in [1.54, 1.807) is 6.92 Å². The SMILES string of the molecule is CC=CC(=O)OS(=O)(=O)CC.[CaH2]. The molecule has 0 heterocycles. The molecular formula is C6H12CaO4S. The van der Waals surface area contributed by atoms with Gasteiger partial charge in [-0.05, 0) is 13.8 Å². The van der Waals surface area contributed by atoms with Crippen molar-refractivity contribution in [2.45, 2.75) is 13.8 Å². The molecule has 0 bridgehead atoms. The van der Waals surface area contributed by atoms with Crippen molar-refractivity contribution in [2.24, 2.45) is 0 Å². The summed E-state index contributed by atoms with van der Waals surface area (Å²) in [6.45, 7) is 3.00. The van der Waals surface area contributed by atoms with E-state index in [1.165, 1.54) is 13.0 Å². The van der Waals surface area contributed by atoms with Crippen molar-refractivity contribution < 1.29 is 17.4 Å². The maximum absolute atomic E-state index is 10.6. The van der Waals surface area contributed by atoms with Crippen molar-refractivity contribution in [3.8, 4) is 0 Å². The first kappa shape index (κ1) is 14.9. The van der Waals surface area contributed by atoms with Gasteiger partial charge in [-0.15, -0.1) is 0 Å². The van der Waals surface area contributed by atoms with Crippen LogP contribution in [-0.4, -0.2) is 57.9 Å². The quantitative estimate of drug-likeness (QED) is 0.367. The fraction of sp³-hybridized carbons (Fsp3) is 0.500. The van der Waals surface area contributed by atoms with E-state index in [-0.39, 0.29) is 43.5 Å². The van der Waals surface area contributed by atoms with Crippen molar-refractivity contribution in [2.75, 3.05) is 5.75 Å². The number of carbonyl (C=O) groups is 1. The van der Waals surface area contributed by atoms with Crippen molar-refractivity contribution >= 4 is 53.8 Å². The Labute approximate surface area is 102 Å². The maximum atomic E-state index is 10.6. The summed E-state index contributed by atoms with van der Waals surface area (Å²) in [5.74, 6) is -1.05. The van der Waals surface area contributed by atoms with E-state index in [0.717, 1.165) is 6.08 Å². The van der Waals surface area contributed by atoms with Gasteiger partial charge < -0.3 is 4.18 Å². The molecule has 0 radical (unpaired) electrons. The molecule has 4 nitrogen and oxygen atoms in total. The predicted octanol–water partition coefficient (Wildman–Crippen LogP) is -0.461. The normalized spacial score (nSPS) is 10.8. The van der Waals surface area contributed by atoms with E-state index in [1.807, 2.05) is 0 Å². The van der Waals surface area contributed by atoms with E-state index < -0.39 is 16.1 Å². The van der Waals surface area contributed by atoms with Crippen LogP contribution in [0.4, 0.5) is 0 Å². The van der Waals surface area contributed by atoms with Crippen LogP contribution in [0.5, 0.6) is 0 Å². The van der Waals surface area contributed by atoms with Crippen molar-refractivity contribution in [3.63, 3.8) is 0 Å². The van der Waals surface area contributed by atoms with Crippen molar-refractivity contribution in [3.05, 3.63) is 12.2 Å². The summed E-state index contributed by atoms with van der Waals surface area (Å²) in [6.07, 6.45) is 2.46. The van der Waals surface area contributed by atoms with E-state index in [2.05, 4.69) is 4.18 Å². The van der Waals surface area contributed by atoms with Crippen LogP contribution in [-0.2, 0) is 19.1 Å². The van der Waals surface area contributed by atoms with Crippen LogP contribution in [0.2, 0.25) is 0 Å². The van der Waals surface area contributed by atoms with Gasteiger partial charge in [0.1, 0.15) is 0 Å². The van der Waals surface area contributed by atoms with Crippen molar-refractivity contribution in [1.82, 2.24) is 0 Å². The summed E-state index contributed by atoms with van der Waals surface area (Å²) in [5, 5.41) is 0. The molecule has 0 spiro atoms. The molecule has 0 atom stereocenters. The first-order chi connectivity index (χ1) is 5.02. The zero-order chi connectivity index (χ0) is 8.91. The average molecular weight is 220 g/mol. The zero-order valence-electron chi connectivity index (χ0n) is 6.40. The molecule has 0 amide bonds. The Kier molecular flexibility index (Phi) is 8.56. The van der Waals surface area contributed by atoms with Crippen LogP contribution >= 0.6 is 0 Å². The number of carbonyl (C=O) groups excluding carboxylic acids is 1. The van der Waals surface area contributed by atoms with Gasteiger partial charge in [0.05, 0.1) is 5.75 Å². The van der Waals surface area contributed by atoms with Crippen LogP contribution in [0.3, 0.4) is 0 Å². The summed E-state index contributed by atoms with van der Waals surface area (Å²) in [4.78, 5) is 10.5. The number of hydrogen-bond donors (Lipinski definition) is 0. The monoisotopic (exact) mass is 220 g/mol. The topological polar surface area (TPSA) is 60.4 Å². The minimum atomic E-state index is -3.64. The second-order valence-corrected chi connectivity index (χ2v) is 3.61. The van der Waals surface area contributed by atoms with Gasteiger partial charge in [0.15, 0.2) is 0 Å². The van der Waals surface area contributed by atoms with Gasteiger partial charge in [-0.2, -0.15) is 8.42 Å². The molecule has 68 valence electrons. The summed E-state index contributed by atoms with van der Waals surface area (Å²) in [6, 6.07) is 0. The standard InChI is InChI=1S/C6H10O4S.Ca.2H/c1-3-5-6(7)10-11(8,9)4-2;;;/h3,5H,4H2,1-2H3;;;. The summed E-state index contributed by atoms with van der Waals surface area (Å²) < 4.78 is 25.3. The van der Waals surface area contributed by atoms with E-state index in [0.29, 0.717) is 0 Å². The molecule has 0 aromatic carbocycles. The fourth-order valence-corrected chi connectivity index (χ4v) is 0.772. The molecule has 0 unspecified atom stereocenters. The van der Waals surface area contributed by atoms with Gasteiger partial charge >= 0.3 is 53.8 Å². The molecule has 0 aliphatic rings. The molecule has 0 aromatic heterocycles. The second-order valence-electron chi connectivity index (χ2n) is 1.75. The Hall–Kier alpha value is 0.420. The van der Waals surface area contributed by atoms with Crippen molar-refractivity contribution in [1.29, 1.82) is 0 Å². The fourth-order valence-electron chi connectivity index (χ4n) is 0.348. The van der Waals surface area contributed by atoms with Crippen LogP contribution in [0.15, 0.2) is 12.2 Å². The minimum absolute atomic E-state index is 0. The zero-order valence-corrected chi connectivity index (χ0v) is 7.22. The van der Waals surface area contributed by atoms with Gasteiger partial charge in [0, 0.05) is 6.08 Å². The Morgan fingerprint density at radius 1 is 1.50 bits per heavy atom. The number of rotatable bonds is 3. The van der Waals surface area contributed by atoms with E-state index in [4.69, 9.17) is 0 Å².